The highest BCUT2D eigenvalue weighted by molar-refractivity contribution is 7.89. The average molecular weight is 460 g/mol. The fraction of sp³-hybridized carbons (Fsp3) is 0.400. The monoisotopic (exact) mass is 459 g/mol. The van der Waals surface area contributed by atoms with Crippen molar-refractivity contribution in [1.29, 1.82) is 0 Å². The number of aromatic amines is 1. The molecule has 168 valence electrons. The molecule has 1 N–H and O–H groups in total. The Morgan fingerprint density at radius 1 is 1.09 bits per heavy atom. The largest absolute Gasteiger partial charge is 0.367 e. The number of anilines is 1. The minimum Gasteiger partial charge on any atom is -0.367 e. The third kappa shape index (κ3) is 3.69. The van der Waals surface area contributed by atoms with Crippen LogP contribution < -0.4 is 4.90 Å². The van der Waals surface area contributed by atoms with Crippen LogP contribution in [0.2, 0.25) is 0 Å². The zero-order valence-electron chi connectivity index (χ0n) is 17.2. The van der Waals surface area contributed by atoms with Gasteiger partial charge in [-0.05, 0) is 24.6 Å². The molecule has 0 radical (unpaired) electrons. The Bertz CT molecular complexity index is 1240. The summed E-state index contributed by atoms with van der Waals surface area (Å²) in [5.74, 6) is -0.723. The number of rotatable bonds is 4. The summed E-state index contributed by atoms with van der Waals surface area (Å²) in [6.07, 6.45) is 3.29. The highest BCUT2D eigenvalue weighted by atomic mass is 32.2. The molecule has 2 aliphatic rings. The molecule has 2 fully saturated rings. The second kappa shape index (κ2) is 8.10. The maximum Gasteiger partial charge on any atom is 0.278 e. The molecule has 1 amide bonds. The first-order chi connectivity index (χ1) is 15.4. The Hall–Kier alpha value is -3.12. The van der Waals surface area contributed by atoms with E-state index in [0.29, 0.717) is 38.1 Å². The maximum absolute atomic E-state index is 13.5. The average Bonchev–Trinajstić information content (AvgIpc) is 3.51. The zero-order chi connectivity index (χ0) is 22.3. The van der Waals surface area contributed by atoms with Gasteiger partial charge >= 0.3 is 0 Å². The number of H-pyrrole nitrogens is 1. The first-order valence-electron chi connectivity index (χ1n) is 10.4. The van der Waals surface area contributed by atoms with E-state index in [1.165, 1.54) is 16.4 Å². The molecule has 2 aliphatic heterocycles. The third-order valence-corrected chi connectivity index (χ3v) is 7.79. The van der Waals surface area contributed by atoms with E-state index in [0.717, 1.165) is 17.4 Å². The molecule has 0 bridgehead atoms. The van der Waals surface area contributed by atoms with Gasteiger partial charge in [0.2, 0.25) is 5.91 Å². The lowest BCUT2D eigenvalue weighted by atomic mass is 10.1. The number of nitrogens with one attached hydrogen (secondary N) is 1. The molecule has 3 aromatic rings. The van der Waals surface area contributed by atoms with Crippen LogP contribution in [0.4, 0.5) is 10.1 Å². The summed E-state index contributed by atoms with van der Waals surface area (Å²) in [5.41, 5.74) is 1.56. The van der Waals surface area contributed by atoms with Crippen LogP contribution in [0, 0.1) is 11.7 Å². The standard InChI is InChI=1S/C20H22FN7O3S/c21-15-1-2-16-17(11-15)22-5-3-18(16)26-7-9-27(10-8-26)19(29)14-4-6-28(12-14)32(30,31)20-23-13-24-25-20/h1-3,5,11,13-14H,4,6-10,12H2,(H,23,24,25)/t14-/m1/s1. The number of carbonyl (C=O) groups excluding carboxylic acids is 1. The van der Waals surface area contributed by atoms with Gasteiger partial charge in [-0.25, -0.2) is 22.9 Å². The van der Waals surface area contributed by atoms with Crippen LogP contribution in [-0.4, -0.2) is 83.0 Å². The number of carbonyl (C=O) groups is 1. The summed E-state index contributed by atoms with van der Waals surface area (Å²) in [4.78, 5) is 25.0. The highest BCUT2D eigenvalue weighted by Crippen LogP contribution is 2.28. The number of amides is 1. The lowest BCUT2D eigenvalue weighted by Crippen LogP contribution is -2.50. The third-order valence-electron chi connectivity index (χ3n) is 6.09. The van der Waals surface area contributed by atoms with Crippen molar-refractivity contribution in [2.24, 2.45) is 5.92 Å². The number of hydrogen-bond donors (Lipinski definition) is 1. The minimum absolute atomic E-state index is 0.0263. The SMILES string of the molecule is O=C([C@@H]1CCN(S(=O)(=O)c2ncn[nH]2)C1)N1CCN(c2ccnc3cc(F)ccc23)CC1. The summed E-state index contributed by atoms with van der Waals surface area (Å²) >= 11 is 0. The van der Waals surface area contributed by atoms with Gasteiger partial charge in [-0.15, -0.1) is 0 Å². The van der Waals surface area contributed by atoms with Crippen molar-refractivity contribution >= 4 is 32.5 Å². The van der Waals surface area contributed by atoms with E-state index < -0.39 is 10.0 Å². The van der Waals surface area contributed by atoms with Crippen LogP contribution in [0.1, 0.15) is 6.42 Å². The minimum atomic E-state index is -3.77. The Morgan fingerprint density at radius 3 is 2.66 bits per heavy atom. The second-order valence-corrected chi connectivity index (χ2v) is 9.80. The van der Waals surface area contributed by atoms with E-state index in [1.807, 2.05) is 6.07 Å². The summed E-state index contributed by atoms with van der Waals surface area (Å²) in [6.45, 7) is 2.76. The van der Waals surface area contributed by atoms with Crippen LogP contribution in [0.3, 0.4) is 0 Å². The summed E-state index contributed by atoms with van der Waals surface area (Å²) < 4.78 is 40.0. The molecule has 4 heterocycles. The van der Waals surface area contributed by atoms with Crippen molar-refractivity contribution < 1.29 is 17.6 Å². The first-order valence-corrected chi connectivity index (χ1v) is 11.8. The molecule has 5 rings (SSSR count). The topological polar surface area (TPSA) is 115 Å². The van der Waals surface area contributed by atoms with Gasteiger partial charge in [-0.1, -0.05) is 0 Å². The lowest BCUT2D eigenvalue weighted by molar-refractivity contribution is -0.135. The molecule has 0 saturated carbocycles. The van der Waals surface area contributed by atoms with Crippen molar-refractivity contribution in [3.05, 3.63) is 42.6 Å². The normalized spacial score (nSPS) is 20.2. The van der Waals surface area contributed by atoms with E-state index in [1.54, 1.807) is 17.2 Å². The van der Waals surface area contributed by atoms with E-state index in [4.69, 9.17) is 0 Å². The molecule has 1 aromatic carbocycles. The van der Waals surface area contributed by atoms with Crippen molar-refractivity contribution in [2.75, 3.05) is 44.2 Å². The zero-order valence-corrected chi connectivity index (χ0v) is 18.0. The number of benzene rings is 1. The van der Waals surface area contributed by atoms with Gasteiger partial charge in [0, 0.05) is 62.6 Å². The van der Waals surface area contributed by atoms with Crippen LogP contribution in [0.15, 0.2) is 41.9 Å². The molecule has 12 heteroatoms. The molecular formula is C20H22FN7O3S. The lowest BCUT2D eigenvalue weighted by Gasteiger charge is -2.37. The Kier molecular flexibility index (Phi) is 5.25. The molecule has 0 spiro atoms. The van der Waals surface area contributed by atoms with Gasteiger partial charge < -0.3 is 9.80 Å². The van der Waals surface area contributed by atoms with Crippen LogP contribution >= 0.6 is 0 Å². The van der Waals surface area contributed by atoms with Gasteiger partial charge in [-0.3, -0.25) is 9.78 Å². The quantitative estimate of drug-likeness (QED) is 0.615. The number of pyridine rings is 1. The molecule has 32 heavy (non-hydrogen) atoms. The van der Waals surface area contributed by atoms with Gasteiger partial charge in [0.15, 0.2) is 0 Å². The Morgan fingerprint density at radius 2 is 1.91 bits per heavy atom. The predicted molar refractivity (Wildman–Crippen MR) is 114 cm³/mol. The second-order valence-electron chi connectivity index (χ2n) is 7.94. The number of piperazine rings is 1. The number of halogens is 1. The van der Waals surface area contributed by atoms with Gasteiger partial charge in [0.05, 0.1) is 11.4 Å². The molecule has 2 saturated heterocycles. The molecule has 1 atom stereocenters. The van der Waals surface area contributed by atoms with Crippen molar-refractivity contribution in [3.63, 3.8) is 0 Å². The van der Waals surface area contributed by atoms with Gasteiger partial charge in [0.25, 0.3) is 15.2 Å². The van der Waals surface area contributed by atoms with Gasteiger partial charge in [0.1, 0.15) is 12.1 Å². The van der Waals surface area contributed by atoms with E-state index in [2.05, 4.69) is 25.1 Å². The van der Waals surface area contributed by atoms with E-state index >= 15 is 0 Å². The Balaban J connectivity index is 1.23. The Labute approximate surface area is 184 Å². The van der Waals surface area contributed by atoms with Crippen LogP contribution in [-0.2, 0) is 14.8 Å². The van der Waals surface area contributed by atoms with E-state index in [-0.39, 0.29) is 35.9 Å². The molecule has 0 aliphatic carbocycles. The first kappa shape index (κ1) is 20.8. The molecule has 2 aromatic heterocycles. The number of nitrogens with zero attached hydrogens (tertiary/aromatic N) is 6. The fourth-order valence-corrected chi connectivity index (χ4v) is 5.71. The number of fused-ring (bicyclic) bond motifs is 1. The number of hydrogen-bond acceptors (Lipinski definition) is 7. The van der Waals surface area contributed by atoms with Gasteiger partial charge in [-0.2, -0.15) is 9.40 Å². The van der Waals surface area contributed by atoms with Crippen molar-refractivity contribution in [2.45, 2.75) is 11.6 Å². The maximum atomic E-state index is 13.5. The van der Waals surface area contributed by atoms with Crippen LogP contribution in [0.25, 0.3) is 10.9 Å². The van der Waals surface area contributed by atoms with Crippen molar-refractivity contribution in [3.8, 4) is 0 Å². The number of sulfonamides is 1. The molecular weight excluding hydrogens is 437 g/mol. The smallest absolute Gasteiger partial charge is 0.278 e. The summed E-state index contributed by atoms with van der Waals surface area (Å²) in [7, 11) is -3.77. The van der Waals surface area contributed by atoms with Crippen LogP contribution in [0.5, 0.6) is 0 Å². The summed E-state index contributed by atoms with van der Waals surface area (Å²) in [5, 5.41) is 6.65. The predicted octanol–water partition coefficient (Wildman–Crippen LogP) is 0.851. The molecule has 10 nitrogen and oxygen atoms in total. The fourth-order valence-electron chi connectivity index (χ4n) is 4.40. The van der Waals surface area contributed by atoms with E-state index in [9.17, 15) is 17.6 Å². The molecule has 0 unspecified atom stereocenters. The highest BCUT2D eigenvalue weighted by Gasteiger charge is 2.39. The van der Waals surface area contributed by atoms with Crippen molar-refractivity contribution in [1.82, 2.24) is 29.4 Å². The number of aromatic nitrogens is 4. The summed E-state index contributed by atoms with van der Waals surface area (Å²) in [6, 6.07) is 6.47.